The maximum Gasteiger partial charge on any atom is 0.193 e. The van der Waals surface area contributed by atoms with Crippen molar-refractivity contribution in [2.75, 3.05) is 33.9 Å². The van der Waals surface area contributed by atoms with Gasteiger partial charge in [-0.3, -0.25) is 4.99 Å². The molecule has 0 atom stereocenters. The van der Waals surface area contributed by atoms with Gasteiger partial charge in [0.05, 0.1) is 0 Å². The lowest BCUT2D eigenvalue weighted by atomic mass is 9.74. The number of nitrogens with one attached hydrogen (secondary N) is 1. The van der Waals surface area contributed by atoms with Crippen molar-refractivity contribution >= 4 is 5.96 Å². The van der Waals surface area contributed by atoms with Crippen LogP contribution >= 0.6 is 0 Å². The summed E-state index contributed by atoms with van der Waals surface area (Å²) in [6.45, 7) is 5.44. The van der Waals surface area contributed by atoms with Crippen LogP contribution in [0.4, 0.5) is 0 Å². The molecule has 0 unspecified atom stereocenters. The highest BCUT2D eigenvalue weighted by Gasteiger charge is 2.34. The Kier molecular flexibility index (Phi) is 6.51. The van der Waals surface area contributed by atoms with Crippen LogP contribution < -0.4 is 5.32 Å². The fourth-order valence-electron chi connectivity index (χ4n) is 3.80. The minimum atomic E-state index is 0.0974. The van der Waals surface area contributed by atoms with Gasteiger partial charge in [-0.15, -0.1) is 0 Å². The second kappa shape index (κ2) is 9.05. The molecule has 0 amide bonds. The topological polar surface area (TPSA) is 36.9 Å². The summed E-state index contributed by atoms with van der Waals surface area (Å²) in [5, 5.41) is 3.63. The molecule has 2 aromatic rings. The summed E-state index contributed by atoms with van der Waals surface area (Å²) in [5.41, 5.74) is 4.06. The maximum atomic E-state index is 5.65. The highest BCUT2D eigenvalue weighted by atomic mass is 16.5. The monoisotopic (exact) mass is 365 g/mol. The fourth-order valence-corrected chi connectivity index (χ4v) is 3.80. The number of guanidine groups is 1. The van der Waals surface area contributed by atoms with Gasteiger partial charge in [-0.05, 0) is 30.9 Å². The predicted molar refractivity (Wildman–Crippen MR) is 112 cm³/mol. The molecule has 0 aliphatic carbocycles. The molecule has 4 heteroatoms. The predicted octanol–water partition coefficient (Wildman–Crippen LogP) is 3.75. The first-order chi connectivity index (χ1) is 13.1. The van der Waals surface area contributed by atoms with Crippen LogP contribution in [0.2, 0.25) is 0 Å². The standard InChI is InChI=1S/C23H31N3O/c1-19-9-11-20(12-10-19)17-26(3)22(24-2)25-18-23(13-15-27-16-14-23)21-7-5-4-6-8-21/h4-12H,13-18H2,1-3H3,(H,24,25). The molecule has 2 aromatic carbocycles. The van der Waals surface area contributed by atoms with Crippen molar-refractivity contribution in [2.45, 2.75) is 31.7 Å². The molecule has 1 aliphatic heterocycles. The number of aryl methyl sites for hydroxylation is 1. The van der Waals surface area contributed by atoms with Gasteiger partial charge in [0.1, 0.15) is 0 Å². The Morgan fingerprint density at radius 1 is 1.07 bits per heavy atom. The molecule has 1 saturated heterocycles. The van der Waals surface area contributed by atoms with E-state index in [2.05, 4.69) is 83.8 Å². The van der Waals surface area contributed by atoms with Crippen LogP contribution in [0.5, 0.6) is 0 Å². The number of hydrogen-bond donors (Lipinski definition) is 1. The third-order valence-electron chi connectivity index (χ3n) is 5.53. The molecule has 27 heavy (non-hydrogen) atoms. The summed E-state index contributed by atoms with van der Waals surface area (Å²) in [6, 6.07) is 19.5. The molecule has 1 N–H and O–H groups in total. The largest absolute Gasteiger partial charge is 0.381 e. The van der Waals surface area contributed by atoms with E-state index in [1.165, 1.54) is 16.7 Å². The van der Waals surface area contributed by atoms with E-state index in [4.69, 9.17) is 4.74 Å². The van der Waals surface area contributed by atoms with E-state index < -0.39 is 0 Å². The lowest BCUT2D eigenvalue weighted by Crippen LogP contribution is -2.48. The third-order valence-corrected chi connectivity index (χ3v) is 5.53. The average molecular weight is 366 g/mol. The summed E-state index contributed by atoms with van der Waals surface area (Å²) in [5.74, 6) is 0.928. The summed E-state index contributed by atoms with van der Waals surface area (Å²) < 4.78 is 5.65. The van der Waals surface area contributed by atoms with Crippen molar-refractivity contribution in [1.82, 2.24) is 10.2 Å². The third kappa shape index (κ3) is 4.89. The molecule has 1 fully saturated rings. The van der Waals surface area contributed by atoms with E-state index >= 15 is 0 Å². The van der Waals surface area contributed by atoms with Gasteiger partial charge < -0.3 is 15.0 Å². The maximum absolute atomic E-state index is 5.65. The SMILES string of the molecule is CN=C(NCC1(c2ccccc2)CCOCC1)N(C)Cc1ccc(C)cc1. The number of nitrogens with zero attached hydrogens (tertiary/aromatic N) is 2. The molecular weight excluding hydrogens is 334 g/mol. The summed E-state index contributed by atoms with van der Waals surface area (Å²) in [4.78, 5) is 6.69. The first kappa shape index (κ1) is 19.4. The molecule has 0 spiro atoms. The summed E-state index contributed by atoms with van der Waals surface area (Å²) >= 11 is 0. The van der Waals surface area contributed by atoms with Crippen molar-refractivity contribution in [3.05, 3.63) is 71.3 Å². The van der Waals surface area contributed by atoms with Gasteiger partial charge in [0, 0.05) is 45.8 Å². The van der Waals surface area contributed by atoms with E-state index in [9.17, 15) is 0 Å². The van der Waals surface area contributed by atoms with E-state index in [-0.39, 0.29) is 5.41 Å². The van der Waals surface area contributed by atoms with Gasteiger partial charge in [0.25, 0.3) is 0 Å². The Balaban J connectivity index is 1.68. The van der Waals surface area contributed by atoms with Crippen LogP contribution in [0.3, 0.4) is 0 Å². The van der Waals surface area contributed by atoms with Crippen molar-refractivity contribution in [2.24, 2.45) is 4.99 Å². The molecule has 0 bridgehead atoms. The van der Waals surface area contributed by atoms with Crippen LogP contribution in [0.15, 0.2) is 59.6 Å². The van der Waals surface area contributed by atoms with Crippen LogP contribution in [0.25, 0.3) is 0 Å². The smallest absolute Gasteiger partial charge is 0.193 e. The van der Waals surface area contributed by atoms with Crippen molar-refractivity contribution in [3.8, 4) is 0 Å². The van der Waals surface area contributed by atoms with Crippen LogP contribution in [0, 0.1) is 6.92 Å². The minimum Gasteiger partial charge on any atom is -0.381 e. The van der Waals surface area contributed by atoms with Gasteiger partial charge in [-0.2, -0.15) is 0 Å². The normalized spacial score (nSPS) is 16.8. The van der Waals surface area contributed by atoms with Gasteiger partial charge in [0.15, 0.2) is 5.96 Å². The zero-order valence-electron chi connectivity index (χ0n) is 16.7. The van der Waals surface area contributed by atoms with Gasteiger partial charge in [-0.25, -0.2) is 0 Å². The number of rotatable bonds is 5. The van der Waals surface area contributed by atoms with Crippen LogP contribution in [-0.2, 0) is 16.7 Å². The quantitative estimate of drug-likeness (QED) is 0.648. The Morgan fingerprint density at radius 2 is 1.74 bits per heavy atom. The zero-order chi connectivity index (χ0) is 19.1. The van der Waals surface area contributed by atoms with Gasteiger partial charge >= 0.3 is 0 Å². The van der Waals surface area contributed by atoms with Crippen LogP contribution in [0.1, 0.15) is 29.5 Å². The van der Waals surface area contributed by atoms with Gasteiger partial charge in [0.2, 0.25) is 0 Å². The summed E-state index contributed by atoms with van der Waals surface area (Å²) in [6.07, 6.45) is 2.06. The van der Waals surface area contributed by atoms with Crippen LogP contribution in [-0.4, -0.2) is 44.7 Å². The van der Waals surface area contributed by atoms with E-state index in [0.29, 0.717) is 0 Å². The number of benzene rings is 2. The summed E-state index contributed by atoms with van der Waals surface area (Å²) in [7, 11) is 3.95. The second-order valence-electron chi connectivity index (χ2n) is 7.50. The van der Waals surface area contributed by atoms with Gasteiger partial charge in [-0.1, -0.05) is 60.2 Å². The Bertz CT molecular complexity index is 734. The van der Waals surface area contributed by atoms with Crippen molar-refractivity contribution < 1.29 is 4.74 Å². The minimum absolute atomic E-state index is 0.0974. The fraction of sp³-hybridized carbons (Fsp3) is 0.435. The molecule has 0 aromatic heterocycles. The molecule has 0 saturated carbocycles. The zero-order valence-corrected chi connectivity index (χ0v) is 16.7. The average Bonchev–Trinajstić information content (AvgIpc) is 2.71. The molecule has 0 radical (unpaired) electrons. The Morgan fingerprint density at radius 3 is 2.37 bits per heavy atom. The number of hydrogen-bond acceptors (Lipinski definition) is 2. The number of aliphatic imine (C=N–C) groups is 1. The Labute approximate surface area is 163 Å². The molecule has 144 valence electrons. The molecule has 4 nitrogen and oxygen atoms in total. The van der Waals surface area contributed by atoms with Crippen molar-refractivity contribution in [3.63, 3.8) is 0 Å². The van der Waals surface area contributed by atoms with E-state index in [1.807, 2.05) is 7.05 Å². The molecule has 1 aliphatic rings. The van der Waals surface area contributed by atoms with E-state index in [0.717, 1.165) is 45.1 Å². The molecule has 3 rings (SSSR count). The highest BCUT2D eigenvalue weighted by Crippen LogP contribution is 2.34. The lowest BCUT2D eigenvalue weighted by molar-refractivity contribution is 0.0512. The molecular formula is C23H31N3O. The first-order valence-electron chi connectivity index (χ1n) is 9.74. The van der Waals surface area contributed by atoms with E-state index in [1.54, 1.807) is 0 Å². The molecule has 1 heterocycles. The van der Waals surface area contributed by atoms with Crippen molar-refractivity contribution in [1.29, 1.82) is 0 Å². The second-order valence-corrected chi connectivity index (χ2v) is 7.50. The highest BCUT2D eigenvalue weighted by molar-refractivity contribution is 5.79. The Hall–Kier alpha value is -2.33. The first-order valence-corrected chi connectivity index (χ1v) is 9.74. The number of ether oxygens (including phenoxy) is 1. The lowest BCUT2D eigenvalue weighted by Gasteiger charge is -2.39.